The molecule has 0 saturated heterocycles. The van der Waals surface area contributed by atoms with Gasteiger partial charge in [0.1, 0.15) is 0 Å². The number of aryl methyl sites for hydroxylation is 1. The quantitative estimate of drug-likeness (QED) is 0.748. The molecule has 1 fully saturated rings. The first-order valence-corrected chi connectivity index (χ1v) is 7.57. The van der Waals surface area contributed by atoms with Crippen LogP contribution in [-0.4, -0.2) is 9.55 Å². The van der Waals surface area contributed by atoms with E-state index in [2.05, 4.69) is 37.0 Å². The average molecular weight is 361 g/mol. The number of hydrogen-bond donors (Lipinski definition) is 1. The first kappa shape index (κ1) is 13.3. The third-order valence-electron chi connectivity index (χ3n) is 3.07. The smallest absolute Gasteiger partial charge is 0.207 e. The van der Waals surface area contributed by atoms with Gasteiger partial charge in [-0.2, -0.15) is 0 Å². The molecule has 100 valence electrons. The van der Waals surface area contributed by atoms with Crippen molar-refractivity contribution in [3.8, 4) is 0 Å². The fourth-order valence-electron chi connectivity index (χ4n) is 1.98. The van der Waals surface area contributed by atoms with Crippen molar-refractivity contribution in [2.45, 2.75) is 25.8 Å². The molecule has 1 aromatic heterocycles. The summed E-state index contributed by atoms with van der Waals surface area (Å²) >= 11 is 15.7. The van der Waals surface area contributed by atoms with Gasteiger partial charge in [0.05, 0.1) is 21.4 Å². The number of aromatic nitrogens is 2. The van der Waals surface area contributed by atoms with Gasteiger partial charge in [0, 0.05) is 16.7 Å². The van der Waals surface area contributed by atoms with Crippen molar-refractivity contribution >= 4 is 50.8 Å². The first-order valence-electron chi connectivity index (χ1n) is 6.02. The summed E-state index contributed by atoms with van der Waals surface area (Å²) in [5, 5.41) is 4.27. The van der Waals surface area contributed by atoms with Gasteiger partial charge in [-0.3, -0.25) is 0 Å². The van der Waals surface area contributed by atoms with Crippen LogP contribution in [0.4, 0.5) is 11.6 Å². The summed E-state index contributed by atoms with van der Waals surface area (Å²) in [6.45, 7) is 1.99. The van der Waals surface area contributed by atoms with Crippen LogP contribution in [0.2, 0.25) is 10.0 Å². The molecule has 1 aliphatic carbocycles. The number of benzene rings is 1. The van der Waals surface area contributed by atoms with Gasteiger partial charge >= 0.3 is 0 Å². The Morgan fingerprint density at radius 3 is 2.74 bits per heavy atom. The van der Waals surface area contributed by atoms with E-state index >= 15 is 0 Å². The van der Waals surface area contributed by atoms with Crippen LogP contribution in [0.3, 0.4) is 0 Å². The Hall–Kier alpha value is -0.710. The van der Waals surface area contributed by atoms with Crippen molar-refractivity contribution in [3.05, 3.63) is 38.5 Å². The third-order valence-corrected chi connectivity index (χ3v) is 4.85. The van der Waals surface area contributed by atoms with Gasteiger partial charge in [-0.1, -0.05) is 23.2 Å². The maximum absolute atomic E-state index is 6.24. The number of nitrogens with one attached hydrogen (secondary N) is 1. The highest BCUT2D eigenvalue weighted by Crippen LogP contribution is 2.40. The molecule has 19 heavy (non-hydrogen) atoms. The third kappa shape index (κ3) is 2.62. The molecule has 6 heteroatoms. The normalized spacial score (nSPS) is 14.7. The predicted octanol–water partition coefficient (Wildman–Crippen LogP) is 5.34. The summed E-state index contributed by atoms with van der Waals surface area (Å²) in [7, 11) is 0. The Morgan fingerprint density at radius 1 is 1.32 bits per heavy atom. The zero-order valence-electron chi connectivity index (χ0n) is 10.3. The topological polar surface area (TPSA) is 29.9 Å². The van der Waals surface area contributed by atoms with E-state index in [1.165, 1.54) is 12.8 Å². The Morgan fingerprint density at radius 2 is 2.05 bits per heavy atom. The lowest BCUT2D eigenvalue weighted by Gasteiger charge is -2.11. The van der Waals surface area contributed by atoms with E-state index in [-0.39, 0.29) is 0 Å². The molecule has 3 nitrogen and oxygen atoms in total. The summed E-state index contributed by atoms with van der Waals surface area (Å²) in [6.07, 6.45) is 4.48. The highest BCUT2D eigenvalue weighted by molar-refractivity contribution is 9.10. The average Bonchev–Trinajstić information content (AvgIpc) is 3.15. The molecule has 1 aliphatic rings. The van der Waals surface area contributed by atoms with E-state index < -0.39 is 0 Å². The van der Waals surface area contributed by atoms with Gasteiger partial charge in [0.15, 0.2) is 0 Å². The fourth-order valence-corrected chi connectivity index (χ4v) is 2.80. The minimum absolute atomic E-state index is 0.499. The molecule has 2 aromatic rings. The van der Waals surface area contributed by atoms with E-state index in [9.17, 15) is 0 Å². The van der Waals surface area contributed by atoms with Crippen LogP contribution in [0.5, 0.6) is 0 Å². The molecule has 0 spiro atoms. The molecule has 1 N–H and O–H groups in total. The number of hydrogen-bond acceptors (Lipinski definition) is 2. The maximum atomic E-state index is 6.24. The van der Waals surface area contributed by atoms with Crippen molar-refractivity contribution in [1.82, 2.24) is 9.55 Å². The first-order chi connectivity index (χ1) is 9.06. The summed E-state index contributed by atoms with van der Waals surface area (Å²) in [6, 6.07) is 4.32. The number of nitrogens with zero attached hydrogens (tertiary/aromatic N) is 2. The zero-order chi connectivity index (χ0) is 13.6. The summed E-state index contributed by atoms with van der Waals surface area (Å²) in [5.41, 5.74) is 1.76. The number of halogens is 3. The molecule has 1 heterocycles. The molecular weight excluding hydrogens is 349 g/mol. The van der Waals surface area contributed by atoms with Crippen LogP contribution >= 0.6 is 39.1 Å². The minimum atomic E-state index is 0.499. The fraction of sp³-hybridized carbons (Fsp3) is 0.308. The van der Waals surface area contributed by atoms with Gasteiger partial charge in [0.2, 0.25) is 5.95 Å². The van der Waals surface area contributed by atoms with Gasteiger partial charge < -0.3 is 9.88 Å². The molecule has 3 rings (SSSR count). The van der Waals surface area contributed by atoms with Crippen LogP contribution in [0.25, 0.3) is 0 Å². The summed E-state index contributed by atoms with van der Waals surface area (Å²) in [4.78, 5) is 4.50. The second-order valence-electron chi connectivity index (χ2n) is 4.69. The molecular formula is C13H12BrCl2N3. The molecule has 0 bridgehead atoms. The highest BCUT2D eigenvalue weighted by atomic mass is 79.9. The Labute approximate surface area is 130 Å². The van der Waals surface area contributed by atoms with Crippen molar-refractivity contribution in [3.63, 3.8) is 0 Å². The zero-order valence-corrected chi connectivity index (χ0v) is 13.3. The van der Waals surface area contributed by atoms with Crippen LogP contribution in [-0.2, 0) is 0 Å². The van der Waals surface area contributed by atoms with Gasteiger partial charge in [-0.05, 0) is 47.8 Å². The lowest BCUT2D eigenvalue weighted by Crippen LogP contribution is -2.01. The second-order valence-corrected chi connectivity index (χ2v) is 6.30. The van der Waals surface area contributed by atoms with Crippen LogP contribution in [0.1, 0.15) is 24.6 Å². The van der Waals surface area contributed by atoms with Crippen molar-refractivity contribution in [1.29, 1.82) is 0 Å². The molecule has 0 aliphatic heterocycles. The Bertz CT molecular complexity index is 635. The molecule has 0 radical (unpaired) electrons. The number of anilines is 2. The maximum Gasteiger partial charge on any atom is 0.207 e. The lowest BCUT2D eigenvalue weighted by atomic mass is 10.3. The van der Waals surface area contributed by atoms with Crippen molar-refractivity contribution < 1.29 is 0 Å². The summed E-state index contributed by atoms with van der Waals surface area (Å²) < 4.78 is 2.95. The van der Waals surface area contributed by atoms with E-state index in [0.29, 0.717) is 16.1 Å². The SMILES string of the molecule is Cc1cn(C2CC2)c(Nc2ccc(Br)c(Cl)c2Cl)n1. The van der Waals surface area contributed by atoms with Crippen molar-refractivity contribution in [2.24, 2.45) is 0 Å². The largest absolute Gasteiger partial charge is 0.324 e. The number of rotatable bonds is 3. The number of imidazole rings is 1. The Balaban J connectivity index is 1.95. The van der Waals surface area contributed by atoms with E-state index in [1.54, 1.807) is 0 Å². The van der Waals surface area contributed by atoms with Gasteiger partial charge in [-0.25, -0.2) is 4.98 Å². The van der Waals surface area contributed by atoms with E-state index in [0.717, 1.165) is 21.8 Å². The van der Waals surface area contributed by atoms with Crippen molar-refractivity contribution in [2.75, 3.05) is 5.32 Å². The van der Waals surface area contributed by atoms with Crippen LogP contribution in [0.15, 0.2) is 22.8 Å². The monoisotopic (exact) mass is 359 g/mol. The molecule has 1 saturated carbocycles. The molecule has 0 unspecified atom stereocenters. The summed E-state index contributed by atoms with van der Waals surface area (Å²) in [5.74, 6) is 0.820. The van der Waals surface area contributed by atoms with E-state index in [4.69, 9.17) is 23.2 Å². The van der Waals surface area contributed by atoms with E-state index in [1.807, 2.05) is 19.1 Å². The van der Waals surface area contributed by atoms with Gasteiger partial charge in [-0.15, -0.1) is 0 Å². The highest BCUT2D eigenvalue weighted by Gasteiger charge is 2.26. The molecule has 0 atom stereocenters. The molecule has 0 amide bonds. The Kier molecular flexibility index (Phi) is 3.50. The van der Waals surface area contributed by atoms with Crippen LogP contribution < -0.4 is 5.32 Å². The molecule has 1 aromatic carbocycles. The lowest BCUT2D eigenvalue weighted by molar-refractivity contribution is 0.750. The van der Waals surface area contributed by atoms with Crippen LogP contribution in [0, 0.1) is 6.92 Å². The second kappa shape index (κ2) is 5.00. The standard InChI is InChI=1S/C13H12BrCl2N3/c1-7-6-19(8-2-3-8)13(17-7)18-10-5-4-9(14)11(15)12(10)16/h4-6,8H,2-3H2,1H3,(H,17,18). The predicted molar refractivity (Wildman–Crippen MR) is 82.7 cm³/mol. The minimum Gasteiger partial charge on any atom is -0.324 e. The van der Waals surface area contributed by atoms with Gasteiger partial charge in [0.25, 0.3) is 0 Å².